The lowest BCUT2D eigenvalue weighted by molar-refractivity contribution is -0.147. The molecule has 1 rings (SSSR count). The van der Waals surface area contributed by atoms with Crippen LogP contribution in [0.15, 0.2) is 6.20 Å². The number of aryl methyl sites for hydroxylation is 1. The van der Waals surface area contributed by atoms with Gasteiger partial charge >= 0.3 is 17.9 Å². The second kappa shape index (κ2) is 6.00. The number of carbonyl (C=O) groups is 3. The summed E-state index contributed by atoms with van der Waals surface area (Å²) in [6, 6.07) is 0. The van der Waals surface area contributed by atoms with E-state index in [-0.39, 0.29) is 5.69 Å². The first-order valence-electron chi connectivity index (χ1n) is 5.65. The summed E-state index contributed by atoms with van der Waals surface area (Å²) in [6.45, 7) is 3.84. The van der Waals surface area contributed by atoms with Crippen LogP contribution in [0.1, 0.15) is 41.9 Å². The lowest BCUT2D eigenvalue weighted by Crippen LogP contribution is -2.17. The van der Waals surface area contributed by atoms with Crippen molar-refractivity contribution < 1.29 is 24.2 Å². The molecule has 0 radical (unpaired) electrons. The minimum Gasteiger partial charge on any atom is -0.481 e. The summed E-state index contributed by atoms with van der Waals surface area (Å²) < 4.78 is 4.46. The molecule has 0 bridgehead atoms. The summed E-state index contributed by atoms with van der Waals surface area (Å²) in [4.78, 5) is 35.8. The quantitative estimate of drug-likeness (QED) is 0.609. The Hall–Kier alpha value is -2.11. The van der Waals surface area contributed by atoms with Crippen molar-refractivity contribution >= 4 is 17.9 Å². The third-order valence-corrected chi connectivity index (χ3v) is 2.52. The molecule has 0 saturated heterocycles. The Kier molecular flexibility index (Phi) is 4.65. The zero-order chi connectivity index (χ0) is 13.7. The molecular formula is C12H15NO5. The third-order valence-electron chi connectivity index (χ3n) is 2.52. The van der Waals surface area contributed by atoms with Crippen molar-refractivity contribution in [2.45, 2.75) is 33.1 Å². The minimum atomic E-state index is -1.33. The Bertz CT molecular complexity index is 475. The molecule has 0 spiro atoms. The molecule has 1 aromatic rings. The predicted octanol–water partition coefficient (Wildman–Crippen LogP) is 1.30. The molecule has 0 aliphatic rings. The number of esters is 2. The Morgan fingerprint density at radius 1 is 1.28 bits per heavy atom. The molecular weight excluding hydrogens is 238 g/mol. The number of aliphatic carboxylic acids is 1. The van der Waals surface area contributed by atoms with Gasteiger partial charge in [0.25, 0.3) is 0 Å². The largest absolute Gasteiger partial charge is 0.481 e. The van der Waals surface area contributed by atoms with Crippen LogP contribution in [-0.4, -0.2) is 28.0 Å². The molecule has 98 valence electrons. The predicted molar refractivity (Wildman–Crippen MR) is 62.2 cm³/mol. The summed E-state index contributed by atoms with van der Waals surface area (Å²) in [5.74, 6) is -3.23. The molecule has 0 unspecified atom stereocenters. The molecule has 6 nitrogen and oxygen atoms in total. The number of aromatic amines is 1. The molecule has 0 aliphatic carbocycles. The molecule has 2 N–H and O–H groups in total. The van der Waals surface area contributed by atoms with Crippen LogP contribution < -0.4 is 0 Å². The lowest BCUT2D eigenvalue weighted by Gasteiger charge is -2.03. The van der Waals surface area contributed by atoms with Crippen LogP contribution in [0, 0.1) is 0 Å². The van der Waals surface area contributed by atoms with Gasteiger partial charge in [0.2, 0.25) is 0 Å². The first kappa shape index (κ1) is 14.0. The van der Waals surface area contributed by atoms with E-state index < -0.39 is 24.3 Å². The van der Waals surface area contributed by atoms with Gasteiger partial charge in [-0.15, -0.1) is 0 Å². The smallest absolute Gasteiger partial charge is 0.362 e. The number of ether oxygens (including phenoxy) is 1. The van der Waals surface area contributed by atoms with Crippen LogP contribution in [0.4, 0.5) is 0 Å². The number of carbonyl (C=O) groups excluding carboxylic acids is 2. The number of aromatic nitrogens is 1. The van der Waals surface area contributed by atoms with Gasteiger partial charge < -0.3 is 14.8 Å². The van der Waals surface area contributed by atoms with E-state index in [1.54, 1.807) is 6.20 Å². The Morgan fingerprint density at radius 2 is 1.94 bits per heavy atom. The molecule has 0 amide bonds. The van der Waals surface area contributed by atoms with Gasteiger partial charge in [-0.3, -0.25) is 9.59 Å². The van der Waals surface area contributed by atoms with Gasteiger partial charge in [0, 0.05) is 6.20 Å². The summed E-state index contributed by atoms with van der Waals surface area (Å²) in [6.07, 6.45) is 2.26. The van der Waals surface area contributed by atoms with Crippen molar-refractivity contribution in [3.63, 3.8) is 0 Å². The summed E-state index contributed by atoms with van der Waals surface area (Å²) in [5, 5.41) is 8.39. The summed E-state index contributed by atoms with van der Waals surface area (Å²) in [5.41, 5.74) is 1.99. The highest BCUT2D eigenvalue weighted by Gasteiger charge is 2.20. The summed E-state index contributed by atoms with van der Waals surface area (Å²) in [7, 11) is 0. The van der Waals surface area contributed by atoms with Crippen LogP contribution in [-0.2, 0) is 27.2 Å². The number of carboxylic acids is 1. The van der Waals surface area contributed by atoms with Crippen molar-refractivity contribution in [2.75, 3.05) is 0 Å². The van der Waals surface area contributed by atoms with Crippen molar-refractivity contribution in [1.82, 2.24) is 4.98 Å². The monoisotopic (exact) mass is 253 g/mol. The molecule has 0 fully saturated rings. The average molecular weight is 253 g/mol. The first-order valence-corrected chi connectivity index (χ1v) is 5.65. The first-order chi connectivity index (χ1) is 8.49. The fourth-order valence-electron chi connectivity index (χ4n) is 1.71. The van der Waals surface area contributed by atoms with E-state index in [9.17, 15) is 14.4 Å². The molecule has 0 aliphatic heterocycles. The Morgan fingerprint density at radius 3 is 2.44 bits per heavy atom. The molecule has 18 heavy (non-hydrogen) atoms. The van der Waals surface area contributed by atoms with Gasteiger partial charge in [-0.25, -0.2) is 4.79 Å². The number of carboxylic acid groups (broad SMARTS) is 1. The molecule has 1 aromatic heterocycles. The highest BCUT2D eigenvalue weighted by molar-refractivity contribution is 6.01. The second-order valence-electron chi connectivity index (χ2n) is 3.71. The molecule has 0 aromatic carbocycles. The van der Waals surface area contributed by atoms with E-state index in [4.69, 9.17) is 5.11 Å². The van der Waals surface area contributed by atoms with Crippen LogP contribution in [0.25, 0.3) is 0 Å². The SMILES string of the molecule is CCc1c[nH]c(C(=O)OC(=O)CC(=O)O)c1CC. The van der Waals surface area contributed by atoms with Gasteiger partial charge in [-0.1, -0.05) is 13.8 Å². The van der Waals surface area contributed by atoms with Crippen LogP contribution in [0.3, 0.4) is 0 Å². The van der Waals surface area contributed by atoms with E-state index in [1.165, 1.54) is 0 Å². The third kappa shape index (κ3) is 3.19. The van der Waals surface area contributed by atoms with Gasteiger partial charge in [-0.05, 0) is 24.0 Å². The van der Waals surface area contributed by atoms with Crippen LogP contribution in [0.2, 0.25) is 0 Å². The standard InChI is InChI=1S/C12H15NO5/c1-3-7-6-13-11(8(7)4-2)12(17)18-10(16)5-9(14)15/h6,13H,3-5H2,1-2H3,(H,14,15). The number of nitrogens with one attached hydrogen (secondary N) is 1. The zero-order valence-electron chi connectivity index (χ0n) is 10.3. The average Bonchev–Trinajstić information content (AvgIpc) is 2.70. The van der Waals surface area contributed by atoms with E-state index in [2.05, 4.69) is 9.72 Å². The minimum absolute atomic E-state index is 0.216. The molecule has 0 saturated carbocycles. The normalized spacial score (nSPS) is 10.1. The lowest BCUT2D eigenvalue weighted by atomic mass is 10.1. The highest BCUT2D eigenvalue weighted by Crippen LogP contribution is 2.16. The van der Waals surface area contributed by atoms with Gasteiger partial charge in [0.15, 0.2) is 0 Å². The fraction of sp³-hybridized carbons (Fsp3) is 0.417. The van der Waals surface area contributed by atoms with E-state index in [0.29, 0.717) is 6.42 Å². The highest BCUT2D eigenvalue weighted by atomic mass is 16.6. The van der Waals surface area contributed by atoms with Crippen molar-refractivity contribution in [3.8, 4) is 0 Å². The maximum Gasteiger partial charge on any atom is 0.362 e. The van der Waals surface area contributed by atoms with Crippen LogP contribution >= 0.6 is 0 Å². The molecule has 6 heteroatoms. The number of hydrogen-bond acceptors (Lipinski definition) is 4. The van der Waals surface area contributed by atoms with Crippen molar-refractivity contribution in [2.24, 2.45) is 0 Å². The van der Waals surface area contributed by atoms with Gasteiger partial charge in [0.05, 0.1) is 0 Å². The van der Waals surface area contributed by atoms with Crippen molar-refractivity contribution in [1.29, 1.82) is 0 Å². The maximum absolute atomic E-state index is 11.7. The van der Waals surface area contributed by atoms with Crippen molar-refractivity contribution in [3.05, 3.63) is 23.0 Å². The topological polar surface area (TPSA) is 96.5 Å². The van der Waals surface area contributed by atoms with Gasteiger partial charge in [0.1, 0.15) is 12.1 Å². The van der Waals surface area contributed by atoms with E-state index >= 15 is 0 Å². The van der Waals surface area contributed by atoms with Crippen LogP contribution in [0.5, 0.6) is 0 Å². The zero-order valence-corrected chi connectivity index (χ0v) is 10.3. The molecule has 1 heterocycles. The number of rotatable bonds is 5. The second-order valence-corrected chi connectivity index (χ2v) is 3.71. The van der Waals surface area contributed by atoms with Gasteiger partial charge in [-0.2, -0.15) is 0 Å². The summed E-state index contributed by atoms with van der Waals surface area (Å²) >= 11 is 0. The fourth-order valence-corrected chi connectivity index (χ4v) is 1.71. The number of H-pyrrole nitrogens is 1. The Labute approximate surface area is 104 Å². The Balaban J connectivity index is 2.81. The molecule has 0 atom stereocenters. The maximum atomic E-state index is 11.7. The van der Waals surface area contributed by atoms with E-state index in [1.807, 2.05) is 13.8 Å². The van der Waals surface area contributed by atoms with E-state index in [0.717, 1.165) is 17.5 Å². The number of hydrogen-bond donors (Lipinski definition) is 2.